The summed E-state index contributed by atoms with van der Waals surface area (Å²) in [6.45, 7) is 5.83. The standard InChI is InChI=1S/C19H29IN2O2/c1-3-4-9-22-10-7-14(8-11-22)5-6-18(23)15-12-16(20)17(21)13-19(15)24-2/h12-14H,3-11,21H2,1-2H3. The summed E-state index contributed by atoms with van der Waals surface area (Å²) in [6.07, 6.45) is 6.55. The van der Waals surface area contributed by atoms with Crippen molar-refractivity contribution in [1.82, 2.24) is 4.90 Å². The molecule has 1 fully saturated rings. The van der Waals surface area contributed by atoms with Crippen molar-refractivity contribution in [2.75, 3.05) is 32.5 Å². The fraction of sp³-hybridized carbons (Fsp3) is 0.632. The van der Waals surface area contributed by atoms with Crippen molar-refractivity contribution in [3.05, 3.63) is 21.3 Å². The highest BCUT2D eigenvalue weighted by Gasteiger charge is 2.21. The van der Waals surface area contributed by atoms with Crippen molar-refractivity contribution < 1.29 is 9.53 Å². The van der Waals surface area contributed by atoms with E-state index in [-0.39, 0.29) is 5.78 Å². The molecule has 0 bridgehead atoms. The second kappa shape index (κ2) is 9.61. The maximum Gasteiger partial charge on any atom is 0.166 e. The van der Waals surface area contributed by atoms with Gasteiger partial charge in [-0.2, -0.15) is 0 Å². The summed E-state index contributed by atoms with van der Waals surface area (Å²) in [4.78, 5) is 15.2. The van der Waals surface area contributed by atoms with Crippen LogP contribution in [0.1, 0.15) is 55.8 Å². The monoisotopic (exact) mass is 444 g/mol. The summed E-state index contributed by atoms with van der Waals surface area (Å²) in [5, 5.41) is 0. The van der Waals surface area contributed by atoms with Gasteiger partial charge in [-0.1, -0.05) is 13.3 Å². The number of rotatable bonds is 8. The Morgan fingerprint density at radius 2 is 2.08 bits per heavy atom. The molecule has 0 unspecified atom stereocenters. The molecule has 2 rings (SSSR count). The summed E-state index contributed by atoms with van der Waals surface area (Å²) < 4.78 is 6.24. The zero-order valence-corrected chi connectivity index (χ0v) is 17.0. The molecule has 134 valence electrons. The molecule has 0 amide bonds. The third kappa shape index (κ3) is 5.34. The maximum atomic E-state index is 12.6. The van der Waals surface area contributed by atoms with Crippen LogP contribution in [0.5, 0.6) is 5.75 Å². The minimum Gasteiger partial charge on any atom is -0.496 e. The number of nitrogen functional groups attached to an aromatic ring is 1. The number of halogens is 1. The topological polar surface area (TPSA) is 55.6 Å². The second-order valence-corrected chi connectivity index (χ2v) is 7.84. The zero-order chi connectivity index (χ0) is 17.5. The van der Waals surface area contributed by atoms with Crippen LogP contribution >= 0.6 is 22.6 Å². The Morgan fingerprint density at radius 1 is 1.38 bits per heavy atom. The van der Waals surface area contributed by atoms with E-state index in [2.05, 4.69) is 34.4 Å². The van der Waals surface area contributed by atoms with Crippen molar-refractivity contribution in [1.29, 1.82) is 0 Å². The van der Waals surface area contributed by atoms with Crippen LogP contribution in [0.15, 0.2) is 12.1 Å². The number of Topliss-reactive ketones (excluding diaryl/α,β-unsaturated/α-hetero) is 1. The van der Waals surface area contributed by atoms with E-state index in [1.165, 1.54) is 45.3 Å². The van der Waals surface area contributed by atoms with Crippen LogP contribution in [0, 0.1) is 9.49 Å². The Balaban J connectivity index is 1.85. The average Bonchev–Trinajstić information content (AvgIpc) is 2.60. The van der Waals surface area contributed by atoms with Gasteiger partial charge in [0.15, 0.2) is 5.78 Å². The molecule has 0 atom stereocenters. The number of hydrogen-bond acceptors (Lipinski definition) is 4. The summed E-state index contributed by atoms with van der Waals surface area (Å²) in [7, 11) is 1.59. The third-order valence-electron chi connectivity index (χ3n) is 4.93. The van der Waals surface area contributed by atoms with E-state index in [9.17, 15) is 4.79 Å². The molecule has 4 nitrogen and oxygen atoms in total. The predicted octanol–water partition coefficient (Wildman–Crippen LogP) is 4.36. The molecule has 5 heteroatoms. The van der Waals surface area contributed by atoms with Gasteiger partial charge in [-0.05, 0) is 79.9 Å². The fourth-order valence-corrected chi connectivity index (χ4v) is 3.77. The van der Waals surface area contributed by atoms with Gasteiger partial charge in [0.25, 0.3) is 0 Å². The van der Waals surface area contributed by atoms with Gasteiger partial charge in [0.2, 0.25) is 0 Å². The third-order valence-corrected chi connectivity index (χ3v) is 5.87. The number of nitrogens with two attached hydrogens (primary N) is 1. The van der Waals surface area contributed by atoms with Gasteiger partial charge in [0, 0.05) is 21.7 Å². The highest BCUT2D eigenvalue weighted by Crippen LogP contribution is 2.29. The molecular formula is C19H29IN2O2. The molecule has 0 saturated carbocycles. The number of nitrogens with zero attached hydrogens (tertiary/aromatic N) is 1. The first-order valence-electron chi connectivity index (χ1n) is 8.93. The van der Waals surface area contributed by atoms with E-state index in [0.29, 0.717) is 29.3 Å². The first-order valence-corrected chi connectivity index (χ1v) is 10.0. The molecule has 2 N–H and O–H groups in total. The van der Waals surface area contributed by atoms with Gasteiger partial charge in [-0.3, -0.25) is 4.79 Å². The van der Waals surface area contributed by atoms with Crippen LogP contribution in [-0.2, 0) is 0 Å². The predicted molar refractivity (Wildman–Crippen MR) is 108 cm³/mol. The summed E-state index contributed by atoms with van der Waals surface area (Å²) in [5.74, 6) is 1.43. The quantitative estimate of drug-likeness (QED) is 0.368. The van der Waals surface area contributed by atoms with Crippen molar-refractivity contribution >= 4 is 34.1 Å². The van der Waals surface area contributed by atoms with Crippen molar-refractivity contribution in [3.63, 3.8) is 0 Å². The number of hydrogen-bond donors (Lipinski definition) is 1. The zero-order valence-electron chi connectivity index (χ0n) is 14.8. The molecule has 1 aliphatic heterocycles. The van der Waals surface area contributed by atoms with Crippen LogP contribution in [0.3, 0.4) is 0 Å². The molecule has 0 spiro atoms. The number of benzene rings is 1. The van der Waals surface area contributed by atoms with Crippen molar-refractivity contribution in [2.45, 2.75) is 45.4 Å². The summed E-state index contributed by atoms with van der Waals surface area (Å²) >= 11 is 2.16. The van der Waals surface area contributed by atoms with Crippen LogP contribution in [-0.4, -0.2) is 37.4 Å². The Morgan fingerprint density at radius 3 is 2.71 bits per heavy atom. The number of unbranched alkanes of at least 4 members (excludes halogenated alkanes) is 1. The number of carbonyl (C=O) groups excluding carboxylic acids is 1. The fourth-order valence-electron chi connectivity index (χ4n) is 3.31. The summed E-state index contributed by atoms with van der Waals surface area (Å²) in [5.41, 5.74) is 7.22. The number of carbonyl (C=O) groups is 1. The van der Waals surface area contributed by atoms with Crippen LogP contribution < -0.4 is 10.5 Å². The molecule has 0 aromatic heterocycles. The Bertz CT molecular complexity index is 555. The lowest BCUT2D eigenvalue weighted by Crippen LogP contribution is -2.34. The molecule has 0 radical (unpaired) electrons. The van der Waals surface area contributed by atoms with E-state index in [4.69, 9.17) is 10.5 Å². The lowest BCUT2D eigenvalue weighted by molar-refractivity contribution is 0.0959. The van der Waals surface area contributed by atoms with E-state index < -0.39 is 0 Å². The highest BCUT2D eigenvalue weighted by atomic mass is 127. The normalized spacial score (nSPS) is 16.3. The number of anilines is 1. The summed E-state index contributed by atoms with van der Waals surface area (Å²) in [6, 6.07) is 3.60. The van der Waals surface area contributed by atoms with E-state index in [1.807, 2.05) is 6.07 Å². The smallest absolute Gasteiger partial charge is 0.166 e. The van der Waals surface area contributed by atoms with Gasteiger partial charge in [-0.25, -0.2) is 0 Å². The first kappa shape index (κ1) is 19.5. The molecule has 1 saturated heterocycles. The van der Waals surface area contributed by atoms with E-state index in [0.717, 1.165) is 9.99 Å². The van der Waals surface area contributed by atoms with E-state index in [1.54, 1.807) is 13.2 Å². The van der Waals surface area contributed by atoms with Crippen molar-refractivity contribution in [2.24, 2.45) is 5.92 Å². The lowest BCUT2D eigenvalue weighted by atomic mass is 9.90. The van der Waals surface area contributed by atoms with Crippen LogP contribution in [0.25, 0.3) is 0 Å². The minimum atomic E-state index is 0.165. The van der Waals surface area contributed by atoms with Gasteiger partial charge in [-0.15, -0.1) is 0 Å². The molecule has 0 aliphatic carbocycles. The van der Waals surface area contributed by atoms with Crippen LogP contribution in [0.4, 0.5) is 5.69 Å². The van der Waals surface area contributed by atoms with Gasteiger partial charge >= 0.3 is 0 Å². The van der Waals surface area contributed by atoms with Gasteiger partial charge in [0.05, 0.1) is 12.7 Å². The lowest BCUT2D eigenvalue weighted by Gasteiger charge is -2.31. The molecular weight excluding hydrogens is 415 g/mol. The first-order chi connectivity index (χ1) is 11.5. The Kier molecular flexibility index (Phi) is 7.81. The minimum absolute atomic E-state index is 0.165. The molecule has 1 aliphatic rings. The van der Waals surface area contributed by atoms with Gasteiger partial charge < -0.3 is 15.4 Å². The molecule has 1 heterocycles. The van der Waals surface area contributed by atoms with Crippen LogP contribution in [0.2, 0.25) is 0 Å². The Hall–Kier alpha value is -0.820. The Labute approximate surface area is 159 Å². The van der Waals surface area contributed by atoms with E-state index >= 15 is 0 Å². The van der Waals surface area contributed by atoms with Crippen molar-refractivity contribution in [3.8, 4) is 5.75 Å². The molecule has 24 heavy (non-hydrogen) atoms. The largest absolute Gasteiger partial charge is 0.496 e. The molecule has 1 aromatic carbocycles. The number of piperidine rings is 1. The number of methoxy groups -OCH3 is 1. The second-order valence-electron chi connectivity index (χ2n) is 6.67. The number of ketones is 1. The SMILES string of the molecule is CCCCN1CCC(CCC(=O)c2cc(I)c(N)cc2OC)CC1. The average molecular weight is 444 g/mol. The number of likely N-dealkylation sites (tertiary alicyclic amines) is 1. The maximum absolute atomic E-state index is 12.6. The highest BCUT2D eigenvalue weighted by molar-refractivity contribution is 14.1. The number of ether oxygens (including phenoxy) is 1. The molecule has 1 aromatic rings. The van der Waals surface area contributed by atoms with Gasteiger partial charge in [0.1, 0.15) is 5.75 Å².